The maximum Gasteiger partial charge on any atom is 0.303 e. The van der Waals surface area contributed by atoms with E-state index in [1.165, 1.54) is 20.8 Å². The van der Waals surface area contributed by atoms with E-state index in [1.54, 1.807) is 6.92 Å². The molecule has 0 radical (unpaired) electrons. The largest absolute Gasteiger partial charge is 0.463 e. The monoisotopic (exact) mass is 304 g/mol. The molecule has 4 atom stereocenters. The lowest BCUT2D eigenvalue weighted by molar-refractivity contribution is -0.181. The zero-order valence-corrected chi connectivity index (χ0v) is 12.5. The molecule has 0 aromatic rings. The average molecular weight is 304 g/mol. The standard InChI is InChI=1S/C13H20O8/c1-7-12(20-9(3)15)13(21-10(4)16)11(19-6-18-7)5-17-8(2)14/h7,11-13H,5-6H2,1-4H3/t7-,11-,12-,13+/m0/s1. The van der Waals surface area contributed by atoms with Crippen LogP contribution in [-0.2, 0) is 38.1 Å². The summed E-state index contributed by atoms with van der Waals surface area (Å²) in [7, 11) is 0. The molecule has 0 amide bonds. The van der Waals surface area contributed by atoms with Crippen molar-refractivity contribution in [3.8, 4) is 0 Å². The van der Waals surface area contributed by atoms with Crippen molar-refractivity contribution >= 4 is 17.9 Å². The number of ether oxygens (including phenoxy) is 5. The van der Waals surface area contributed by atoms with Crippen molar-refractivity contribution in [3.63, 3.8) is 0 Å². The molecule has 8 nitrogen and oxygen atoms in total. The van der Waals surface area contributed by atoms with Gasteiger partial charge in [0.15, 0.2) is 12.2 Å². The smallest absolute Gasteiger partial charge is 0.303 e. The maximum absolute atomic E-state index is 11.3. The number of esters is 3. The van der Waals surface area contributed by atoms with Gasteiger partial charge in [-0.1, -0.05) is 0 Å². The maximum atomic E-state index is 11.3. The fourth-order valence-corrected chi connectivity index (χ4v) is 1.93. The van der Waals surface area contributed by atoms with Crippen LogP contribution in [0.25, 0.3) is 0 Å². The Morgan fingerprint density at radius 3 is 2.05 bits per heavy atom. The summed E-state index contributed by atoms with van der Waals surface area (Å²) in [4.78, 5) is 33.4. The van der Waals surface area contributed by atoms with E-state index in [-0.39, 0.29) is 13.4 Å². The van der Waals surface area contributed by atoms with Gasteiger partial charge in [0.2, 0.25) is 0 Å². The molecule has 0 bridgehead atoms. The summed E-state index contributed by atoms with van der Waals surface area (Å²) in [5.74, 6) is -1.61. The van der Waals surface area contributed by atoms with Gasteiger partial charge < -0.3 is 23.7 Å². The summed E-state index contributed by atoms with van der Waals surface area (Å²) < 4.78 is 26.0. The molecule has 1 saturated heterocycles. The molecule has 0 spiro atoms. The van der Waals surface area contributed by atoms with Gasteiger partial charge >= 0.3 is 17.9 Å². The van der Waals surface area contributed by atoms with E-state index in [1.807, 2.05) is 0 Å². The van der Waals surface area contributed by atoms with Crippen LogP contribution in [0.1, 0.15) is 27.7 Å². The fourth-order valence-electron chi connectivity index (χ4n) is 1.93. The van der Waals surface area contributed by atoms with Gasteiger partial charge in [-0.15, -0.1) is 0 Å². The molecule has 120 valence electrons. The van der Waals surface area contributed by atoms with Crippen molar-refractivity contribution in [3.05, 3.63) is 0 Å². The number of hydrogen-bond donors (Lipinski definition) is 0. The van der Waals surface area contributed by atoms with Crippen molar-refractivity contribution < 1.29 is 38.1 Å². The van der Waals surface area contributed by atoms with E-state index >= 15 is 0 Å². The predicted molar refractivity (Wildman–Crippen MR) is 68.0 cm³/mol. The summed E-state index contributed by atoms with van der Waals surface area (Å²) in [5, 5.41) is 0. The third-order valence-electron chi connectivity index (χ3n) is 2.82. The van der Waals surface area contributed by atoms with Crippen LogP contribution in [0.2, 0.25) is 0 Å². The Hall–Kier alpha value is -1.67. The molecule has 1 aliphatic heterocycles. The van der Waals surface area contributed by atoms with Gasteiger partial charge in [0.05, 0.1) is 6.10 Å². The molecular weight excluding hydrogens is 284 g/mol. The van der Waals surface area contributed by atoms with Crippen LogP contribution in [0, 0.1) is 0 Å². The molecule has 21 heavy (non-hydrogen) atoms. The highest BCUT2D eigenvalue weighted by Gasteiger charge is 2.42. The minimum Gasteiger partial charge on any atom is -0.463 e. The van der Waals surface area contributed by atoms with E-state index in [0.717, 1.165) is 0 Å². The lowest BCUT2D eigenvalue weighted by Crippen LogP contribution is -2.49. The normalized spacial score (nSPS) is 29.1. The lowest BCUT2D eigenvalue weighted by Gasteiger charge is -2.30. The Labute approximate surface area is 122 Å². The average Bonchev–Trinajstić information content (AvgIpc) is 2.48. The highest BCUT2D eigenvalue weighted by atomic mass is 16.7. The van der Waals surface area contributed by atoms with E-state index in [2.05, 4.69) is 0 Å². The molecule has 1 fully saturated rings. The first-order chi connectivity index (χ1) is 9.81. The molecule has 1 aliphatic rings. The van der Waals surface area contributed by atoms with Gasteiger partial charge in [0.25, 0.3) is 0 Å². The summed E-state index contributed by atoms with van der Waals surface area (Å²) in [6, 6.07) is 0. The molecule has 0 aromatic heterocycles. The van der Waals surface area contributed by atoms with Crippen molar-refractivity contribution in [2.45, 2.75) is 52.1 Å². The molecule has 8 heteroatoms. The summed E-state index contributed by atoms with van der Waals surface area (Å²) >= 11 is 0. The van der Waals surface area contributed by atoms with E-state index in [4.69, 9.17) is 23.7 Å². The molecule has 0 N–H and O–H groups in total. The first-order valence-electron chi connectivity index (χ1n) is 6.52. The van der Waals surface area contributed by atoms with Gasteiger partial charge in [-0.3, -0.25) is 14.4 Å². The van der Waals surface area contributed by atoms with E-state index in [0.29, 0.717) is 0 Å². The molecule has 1 rings (SSSR count). The molecule has 0 aliphatic carbocycles. The summed E-state index contributed by atoms with van der Waals surface area (Å²) in [5.41, 5.74) is 0. The summed E-state index contributed by atoms with van der Waals surface area (Å²) in [6.45, 7) is 5.15. The zero-order chi connectivity index (χ0) is 16.0. The summed E-state index contributed by atoms with van der Waals surface area (Å²) in [6.07, 6.45) is -3.11. The molecule has 1 heterocycles. The van der Waals surface area contributed by atoms with Crippen molar-refractivity contribution in [2.75, 3.05) is 13.4 Å². The predicted octanol–water partition coefficient (Wildman–Crippen LogP) is 0.174. The van der Waals surface area contributed by atoms with Crippen molar-refractivity contribution in [1.82, 2.24) is 0 Å². The Kier molecular flexibility index (Phi) is 6.57. The second-order valence-electron chi connectivity index (χ2n) is 4.65. The second-order valence-corrected chi connectivity index (χ2v) is 4.65. The third kappa shape index (κ3) is 5.68. The van der Waals surface area contributed by atoms with Crippen LogP contribution >= 0.6 is 0 Å². The minimum atomic E-state index is -0.928. The number of carbonyl (C=O) groups is 3. The number of carbonyl (C=O) groups excluding carboxylic acids is 3. The molecule has 0 aromatic carbocycles. The minimum absolute atomic E-state index is 0.0946. The van der Waals surface area contributed by atoms with Crippen LogP contribution in [0.5, 0.6) is 0 Å². The topological polar surface area (TPSA) is 97.4 Å². The van der Waals surface area contributed by atoms with Crippen molar-refractivity contribution in [2.24, 2.45) is 0 Å². The van der Waals surface area contributed by atoms with Crippen LogP contribution in [0.15, 0.2) is 0 Å². The molecule has 0 unspecified atom stereocenters. The molecule has 0 saturated carbocycles. The second kappa shape index (κ2) is 7.94. The number of rotatable bonds is 4. The Balaban J connectivity index is 2.93. The van der Waals surface area contributed by atoms with Gasteiger partial charge in [-0.05, 0) is 6.92 Å². The first kappa shape index (κ1) is 17.4. The van der Waals surface area contributed by atoms with Gasteiger partial charge in [-0.2, -0.15) is 0 Å². The highest BCUT2D eigenvalue weighted by molar-refractivity contribution is 5.67. The Morgan fingerprint density at radius 1 is 0.952 bits per heavy atom. The van der Waals surface area contributed by atoms with Gasteiger partial charge in [0.1, 0.15) is 19.5 Å². The first-order valence-corrected chi connectivity index (χ1v) is 6.52. The van der Waals surface area contributed by atoms with Gasteiger partial charge in [0, 0.05) is 20.8 Å². The Morgan fingerprint density at radius 2 is 1.52 bits per heavy atom. The van der Waals surface area contributed by atoms with Crippen LogP contribution in [0.3, 0.4) is 0 Å². The lowest BCUT2D eigenvalue weighted by atomic mass is 10.0. The third-order valence-corrected chi connectivity index (χ3v) is 2.82. The highest BCUT2D eigenvalue weighted by Crippen LogP contribution is 2.22. The van der Waals surface area contributed by atoms with Crippen LogP contribution < -0.4 is 0 Å². The van der Waals surface area contributed by atoms with Gasteiger partial charge in [-0.25, -0.2) is 0 Å². The SMILES string of the molecule is CC(=O)OC[C@@H]1OCO[C@@H](C)[C@H](OC(C)=O)[C@@H]1OC(C)=O. The number of hydrogen-bond acceptors (Lipinski definition) is 8. The van der Waals surface area contributed by atoms with Crippen LogP contribution in [-0.4, -0.2) is 55.7 Å². The Bertz CT molecular complexity index is 394. The molecular formula is C13H20O8. The van der Waals surface area contributed by atoms with Crippen LogP contribution in [0.4, 0.5) is 0 Å². The van der Waals surface area contributed by atoms with Crippen molar-refractivity contribution in [1.29, 1.82) is 0 Å². The van der Waals surface area contributed by atoms with E-state index < -0.39 is 42.3 Å². The van der Waals surface area contributed by atoms with E-state index in [9.17, 15) is 14.4 Å². The quantitative estimate of drug-likeness (QED) is 0.536. The zero-order valence-electron chi connectivity index (χ0n) is 12.5. The fraction of sp³-hybridized carbons (Fsp3) is 0.769.